The van der Waals surface area contributed by atoms with Crippen LogP contribution in [0.15, 0.2) is 18.2 Å². The Morgan fingerprint density at radius 2 is 2.11 bits per heavy atom. The van der Waals surface area contributed by atoms with E-state index in [1.54, 1.807) is 14.2 Å². The Morgan fingerprint density at radius 1 is 1.37 bits per heavy atom. The summed E-state index contributed by atoms with van der Waals surface area (Å²) in [5.74, 6) is 1.19. The highest BCUT2D eigenvalue weighted by Gasteiger charge is 2.28. The third kappa shape index (κ3) is 3.38. The molecule has 5 nitrogen and oxygen atoms in total. The van der Waals surface area contributed by atoms with Gasteiger partial charge in [0.2, 0.25) is 0 Å². The Labute approximate surface area is 112 Å². The van der Waals surface area contributed by atoms with Gasteiger partial charge in [-0.15, -0.1) is 0 Å². The Hall–Kier alpha value is -1.75. The average molecular weight is 265 g/mol. The normalized spacial score (nSPS) is 15.9. The zero-order valence-electron chi connectivity index (χ0n) is 11.3. The fourth-order valence-electron chi connectivity index (χ4n) is 2.43. The van der Waals surface area contributed by atoms with Crippen LogP contribution in [-0.4, -0.2) is 43.3 Å². The molecule has 0 aromatic heterocycles. The number of benzene rings is 1. The molecule has 0 radical (unpaired) electrons. The topological polar surface area (TPSA) is 59.0 Å². The number of methoxy groups -OCH3 is 2. The second-order valence-electron chi connectivity index (χ2n) is 4.84. The number of carbonyl (C=O) groups is 1. The molecule has 1 aromatic rings. The molecular formula is C14H19NO4. The summed E-state index contributed by atoms with van der Waals surface area (Å²) in [4.78, 5) is 12.8. The first-order valence-electron chi connectivity index (χ1n) is 6.27. The lowest BCUT2D eigenvalue weighted by atomic mass is 9.95. The van der Waals surface area contributed by atoms with Gasteiger partial charge in [0, 0.05) is 25.2 Å². The first-order valence-corrected chi connectivity index (χ1v) is 6.27. The van der Waals surface area contributed by atoms with E-state index in [1.165, 1.54) is 0 Å². The average Bonchev–Trinajstić information content (AvgIpc) is 2.35. The lowest BCUT2D eigenvalue weighted by Crippen LogP contribution is -2.46. The van der Waals surface area contributed by atoms with Crippen molar-refractivity contribution in [3.8, 4) is 11.5 Å². The molecule has 0 bridgehead atoms. The van der Waals surface area contributed by atoms with E-state index in [1.807, 2.05) is 18.2 Å². The molecule has 1 aromatic carbocycles. The molecule has 1 aliphatic heterocycles. The zero-order chi connectivity index (χ0) is 13.8. The second-order valence-corrected chi connectivity index (χ2v) is 4.84. The number of hydrogen-bond donors (Lipinski definition) is 1. The number of ether oxygens (including phenoxy) is 2. The van der Waals surface area contributed by atoms with Gasteiger partial charge in [0.05, 0.1) is 20.6 Å². The van der Waals surface area contributed by atoms with Gasteiger partial charge in [0.1, 0.15) is 11.5 Å². The van der Waals surface area contributed by atoms with Crippen LogP contribution in [0.4, 0.5) is 0 Å². The van der Waals surface area contributed by atoms with Crippen LogP contribution in [0.25, 0.3) is 0 Å². The molecule has 1 N–H and O–H groups in total. The van der Waals surface area contributed by atoms with E-state index in [0.717, 1.165) is 36.7 Å². The van der Waals surface area contributed by atoms with E-state index in [-0.39, 0.29) is 12.3 Å². The fraction of sp³-hybridized carbons (Fsp3) is 0.500. The largest absolute Gasteiger partial charge is 0.497 e. The van der Waals surface area contributed by atoms with Crippen molar-refractivity contribution in [3.05, 3.63) is 23.8 Å². The molecule has 0 unspecified atom stereocenters. The monoisotopic (exact) mass is 265 g/mol. The highest BCUT2D eigenvalue weighted by Crippen LogP contribution is 2.28. The Bertz CT molecular complexity index is 455. The third-order valence-electron chi connectivity index (χ3n) is 3.38. The predicted molar refractivity (Wildman–Crippen MR) is 70.6 cm³/mol. The molecule has 0 saturated carbocycles. The van der Waals surface area contributed by atoms with Crippen molar-refractivity contribution in [2.24, 2.45) is 5.92 Å². The molecule has 0 spiro atoms. The molecule has 1 fully saturated rings. The van der Waals surface area contributed by atoms with E-state index in [4.69, 9.17) is 14.6 Å². The van der Waals surface area contributed by atoms with Gasteiger partial charge in [0.25, 0.3) is 0 Å². The molecule has 0 atom stereocenters. The number of hydrogen-bond acceptors (Lipinski definition) is 4. The van der Waals surface area contributed by atoms with Crippen LogP contribution in [-0.2, 0) is 11.3 Å². The highest BCUT2D eigenvalue weighted by molar-refractivity contribution is 5.67. The van der Waals surface area contributed by atoms with Gasteiger partial charge in [-0.05, 0) is 24.1 Å². The number of nitrogens with zero attached hydrogens (tertiary/aromatic N) is 1. The van der Waals surface area contributed by atoms with Gasteiger partial charge in [-0.2, -0.15) is 0 Å². The van der Waals surface area contributed by atoms with Crippen molar-refractivity contribution in [1.82, 2.24) is 4.90 Å². The van der Waals surface area contributed by atoms with E-state index in [2.05, 4.69) is 4.90 Å². The lowest BCUT2D eigenvalue weighted by Gasteiger charge is -2.38. The number of likely N-dealkylation sites (tertiary alicyclic amines) is 1. The minimum Gasteiger partial charge on any atom is -0.497 e. The van der Waals surface area contributed by atoms with Crippen LogP contribution in [0.1, 0.15) is 12.0 Å². The molecule has 0 aliphatic carbocycles. The second kappa shape index (κ2) is 5.93. The first-order chi connectivity index (χ1) is 9.12. The lowest BCUT2D eigenvalue weighted by molar-refractivity contribution is -0.139. The molecule has 0 amide bonds. The summed E-state index contributed by atoms with van der Waals surface area (Å²) in [5, 5.41) is 8.72. The third-order valence-corrected chi connectivity index (χ3v) is 3.38. The fourth-order valence-corrected chi connectivity index (χ4v) is 2.43. The van der Waals surface area contributed by atoms with Gasteiger partial charge in [0.15, 0.2) is 0 Å². The van der Waals surface area contributed by atoms with Crippen molar-refractivity contribution in [3.63, 3.8) is 0 Å². The van der Waals surface area contributed by atoms with Gasteiger partial charge in [-0.25, -0.2) is 0 Å². The smallest absolute Gasteiger partial charge is 0.303 e. The predicted octanol–water partition coefficient (Wildman–Crippen LogP) is 1.61. The standard InChI is InChI=1S/C14H19NO4/c1-18-12-3-4-13(19-2)11(6-12)9-15-7-10(8-15)5-14(16)17/h3-4,6,10H,5,7-9H2,1-2H3,(H,16,17). The Balaban J connectivity index is 1.94. The molecule has 19 heavy (non-hydrogen) atoms. The van der Waals surface area contributed by atoms with E-state index >= 15 is 0 Å². The van der Waals surface area contributed by atoms with Crippen LogP contribution in [0.3, 0.4) is 0 Å². The molecule has 5 heteroatoms. The first kappa shape index (κ1) is 13.7. The molecule has 1 aliphatic rings. The molecule has 2 rings (SSSR count). The summed E-state index contributed by atoms with van der Waals surface area (Å²) in [5.41, 5.74) is 1.07. The minimum atomic E-state index is -0.719. The number of carboxylic acids is 1. The van der Waals surface area contributed by atoms with Gasteiger partial charge < -0.3 is 14.6 Å². The van der Waals surface area contributed by atoms with Crippen LogP contribution in [0, 0.1) is 5.92 Å². The SMILES string of the molecule is COc1ccc(OC)c(CN2CC(CC(=O)O)C2)c1. The van der Waals surface area contributed by atoms with Crippen molar-refractivity contribution >= 4 is 5.97 Å². The van der Waals surface area contributed by atoms with Crippen LogP contribution in [0.2, 0.25) is 0 Å². The van der Waals surface area contributed by atoms with Crippen molar-refractivity contribution in [2.45, 2.75) is 13.0 Å². The van der Waals surface area contributed by atoms with E-state index in [0.29, 0.717) is 0 Å². The van der Waals surface area contributed by atoms with E-state index < -0.39 is 5.97 Å². The summed E-state index contributed by atoms with van der Waals surface area (Å²) in [6.07, 6.45) is 0.256. The van der Waals surface area contributed by atoms with Crippen LogP contribution < -0.4 is 9.47 Å². The number of aliphatic carboxylic acids is 1. The summed E-state index contributed by atoms with van der Waals surface area (Å²) >= 11 is 0. The quantitative estimate of drug-likeness (QED) is 0.846. The molecule has 1 heterocycles. The summed E-state index contributed by atoms with van der Waals surface area (Å²) in [7, 11) is 3.28. The van der Waals surface area contributed by atoms with Crippen molar-refractivity contribution in [2.75, 3.05) is 27.3 Å². The van der Waals surface area contributed by atoms with Crippen LogP contribution in [0.5, 0.6) is 11.5 Å². The van der Waals surface area contributed by atoms with Crippen LogP contribution >= 0.6 is 0 Å². The van der Waals surface area contributed by atoms with Crippen molar-refractivity contribution in [1.29, 1.82) is 0 Å². The van der Waals surface area contributed by atoms with Gasteiger partial charge in [-0.1, -0.05) is 0 Å². The Morgan fingerprint density at radius 3 is 2.68 bits per heavy atom. The number of rotatable bonds is 6. The van der Waals surface area contributed by atoms with Gasteiger partial charge >= 0.3 is 5.97 Å². The molecule has 1 saturated heterocycles. The summed E-state index contributed by atoms with van der Waals surface area (Å²) < 4.78 is 10.5. The Kier molecular flexibility index (Phi) is 4.27. The number of carboxylic acid groups (broad SMARTS) is 1. The van der Waals surface area contributed by atoms with E-state index in [9.17, 15) is 4.79 Å². The molecular weight excluding hydrogens is 246 g/mol. The minimum absolute atomic E-state index is 0.256. The van der Waals surface area contributed by atoms with Crippen molar-refractivity contribution < 1.29 is 19.4 Å². The maximum Gasteiger partial charge on any atom is 0.303 e. The summed E-state index contributed by atoms with van der Waals surface area (Å²) in [6, 6.07) is 5.72. The summed E-state index contributed by atoms with van der Waals surface area (Å²) in [6.45, 7) is 2.41. The highest BCUT2D eigenvalue weighted by atomic mass is 16.5. The molecule has 104 valence electrons. The maximum absolute atomic E-state index is 10.6. The van der Waals surface area contributed by atoms with Gasteiger partial charge in [-0.3, -0.25) is 9.69 Å². The maximum atomic E-state index is 10.6. The zero-order valence-corrected chi connectivity index (χ0v) is 11.3.